The Labute approximate surface area is 119 Å². The molecule has 1 unspecified atom stereocenters. The first-order chi connectivity index (χ1) is 9.49. The largest absolute Gasteiger partial charge is 0.348 e. The Hall–Kier alpha value is -1.88. The molecule has 0 bridgehead atoms. The fourth-order valence-corrected chi connectivity index (χ4v) is 2.31. The summed E-state index contributed by atoms with van der Waals surface area (Å²) in [5, 5.41) is 2.86. The molecule has 2 amide bonds. The van der Waals surface area contributed by atoms with E-state index in [4.69, 9.17) is 5.73 Å². The molecule has 0 aromatic heterocycles. The zero-order valence-corrected chi connectivity index (χ0v) is 11.9. The fraction of sp³-hybridized carbons (Fsp3) is 0.467. The average molecular weight is 275 g/mol. The van der Waals surface area contributed by atoms with Gasteiger partial charge in [0.25, 0.3) is 0 Å². The summed E-state index contributed by atoms with van der Waals surface area (Å²) in [6.07, 6.45) is 1.52. The number of carbonyl (C=O) groups excluding carboxylic acids is 2. The van der Waals surface area contributed by atoms with Crippen molar-refractivity contribution in [3.8, 4) is 0 Å². The first kappa shape index (κ1) is 14.5. The van der Waals surface area contributed by atoms with E-state index in [2.05, 4.69) is 5.32 Å². The summed E-state index contributed by atoms with van der Waals surface area (Å²) in [6, 6.07) is 7.07. The Balaban J connectivity index is 2.13. The van der Waals surface area contributed by atoms with Crippen LogP contribution in [0.25, 0.3) is 0 Å². The van der Waals surface area contributed by atoms with Gasteiger partial charge in [0.2, 0.25) is 11.8 Å². The lowest BCUT2D eigenvalue weighted by atomic mass is 10.1. The Morgan fingerprint density at radius 3 is 2.75 bits per heavy atom. The van der Waals surface area contributed by atoms with E-state index in [1.54, 1.807) is 11.8 Å². The zero-order valence-electron chi connectivity index (χ0n) is 11.9. The maximum atomic E-state index is 11.8. The van der Waals surface area contributed by atoms with Gasteiger partial charge in [-0.25, -0.2) is 0 Å². The van der Waals surface area contributed by atoms with Crippen molar-refractivity contribution >= 4 is 17.5 Å². The molecule has 108 valence electrons. The van der Waals surface area contributed by atoms with Crippen LogP contribution >= 0.6 is 0 Å². The van der Waals surface area contributed by atoms with Gasteiger partial charge in [0, 0.05) is 18.7 Å². The minimum Gasteiger partial charge on any atom is -0.348 e. The number of anilines is 1. The molecule has 0 saturated carbocycles. The molecule has 1 saturated heterocycles. The van der Waals surface area contributed by atoms with Gasteiger partial charge < -0.3 is 16.0 Å². The van der Waals surface area contributed by atoms with Crippen molar-refractivity contribution in [1.29, 1.82) is 0 Å². The molecule has 0 radical (unpaired) electrons. The van der Waals surface area contributed by atoms with Crippen LogP contribution in [0.2, 0.25) is 0 Å². The minimum absolute atomic E-state index is 0.133. The predicted octanol–water partition coefficient (Wildman–Crippen LogP) is 1.34. The maximum Gasteiger partial charge on any atom is 0.237 e. The second-order valence-electron chi connectivity index (χ2n) is 5.26. The highest BCUT2D eigenvalue weighted by atomic mass is 16.2. The average Bonchev–Trinajstić information content (AvgIpc) is 2.85. The number of hydrogen-bond acceptors (Lipinski definition) is 3. The molecule has 1 aliphatic rings. The van der Waals surface area contributed by atoms with Crippen molar-refractivity contribution in [3.63, 3.8) is 0 Å². The van der Waals surface area contributed by atoms with Gasteiger partial charge in [0.15, 0.2) is 0 Å². The molecule has 5 heteroatoms. The first-order valence-electron chi connectivity index (χ1n) is 6.95. The Morgan fingerprint density at radius 1 is 1.40 bits per heavy atom. The van der Waals surface area contributed by atoms with Crippen molar-refractivity contribution in [2.24, 2.45) is 5.73 Å². The van der Waals surface area contributed by atoms with Gasteiger partial charge in [0.1, 0.15) is 0 Å². The van der Waals surface area contributed by atoms with Crippen molar-refractivity contribution in [2.45, 2.75) is 38.8 Å². The summed E-state index contributed by atoms with van der Waals surface area (Å²) >= 11 is 0. The van der Waals surface area contributed by atoms with Crippen LogP contribution < -0.4 is 16.0 Å². The van der Waals surface area contributed by atoms with Crippen LogP contribution in [0.4, 0.5) is 5.69 Å². The molecular formula is C15H21N3O2. The number of nitrogens with zero attached hydrogens (tertiary/aromatic N) is 1. The van der Waals surface area contributed by atoms with E-state index in [1.165, 1.54) is 0 Å². The van der Waals surface area contributed by atoms with Gasteiger partial charge in [-0.1, -0.05) is 12.1 Å². The Kier molecular flexibility index (Phi) is 4.39. The molecule has 1 heterocycles. The highest BCUT2D eigenvalue weighted by Gasteiger charge is 2.22. The van der Waals surface area contributed by atoms with Gasteiger partial charge in [-0.15, -0.1) is 0 Å². The van der Waals surface area contributed by atoms with Crippen molar-refractivity contribution in [2.75, 3.05) is 11.4 Å². The second kappa shape index (κ2) is 6.05. The molecule has 3 N–H and O–H groups in total. The lowest BCUT2D eigenvalue weighted by Crippen LogP contribution is -2.39. The van der Waals surface area contributed by atoms with Crippen molar-refractivity contribution < 1.29 is 9.59 Å². The highest BCUT2D eigenvalue weighted by molar-refractivity contribution is 5.95. The molecule has 1 aliphatic heterocycles. The summed E-state index contributed by atoms with van der Waals surface area (Å²) in [7, 11) is 0. The molecule has 1 fully saturated rings. The predicted molar refractivity (Wildman–Crippen MR) is 78.2 cm³/mol. The van der Waals surface area contributed by atoms with E-state index in [1.807, 2.05) is 31.2 Å². The third kappa shape index (κ3) is 3.17. The molecule has 2 rings (SSSR count). The van der Waals surface area contributed by atoms with Crippen LogP contribution in [0.15, 0.2) is 24.3 Å². The summed E-state index contributed by atoms with van der Waals surface area (Å²) < 4.78 is 0. The first-order valence-corrected chi connectivity index (χ1v) is 6.95. The van der Waals surface area contributed by atoms with E-state index >= 15 is 0 Å². The third-order valence-corrected chi connectivity index (χ3v) is 3.53. The zero-order chi connectivity index (χ0) is 14.7. The van der Waals surface area contributed by atoms with Crippen LogP contribution in [0, 0.1) is 0 Å². The third-order valence-electron chi connectivity index (χ3n) is 3.53. The summed E-state index contributed by atoms with van der Waals surface area (Å²) in [6.45, 7) is 4.33. The molecule has 0 aliphatic carbocycles. The lowest BCUT2D eigenvalue weighted by Gasteiger charge is -2.20. The monoisotopic (exact) mass is 275 g/mol. The summed E-state index contributed by atoms with van der Waals surface area (Å²) in [4.78, 5) is 25.2. The second-order valence-corrected chi connectivity index (χ2v) is 5.26. The molecule has 1 aromatic carbocycles. The summed E-state index contributed by atoms with van der Waals surface area (Å²) in [5.41, 5.74) is 7.41. The van der Waals surface area contributed by atoms with E-state index in [0.717, 1.165) is 24.2 Å². The smallest absolute Gasteiger partial charge is 0.237 e. The molecule has 5 nitrogen and oxygen atoms in total. The van der Waals surface area contributed by atoms with E-state index in [9.17, 15) is 9.59 Å². The normalized spacial score (nSPS) is 17.9. The highest BCUT2D eigenvalue weighted by Crippen LogP contribution is 2.24. The molecular weight excluding hydrogens is 254 g/mol. The van der Waals surface area contributed by atoms with Crippen molar-refractivity contribution in [1.82, 2.24) is 5.32 Å². The van der Waals surface area contributed by atoms with Gasteiger partial charge in [-0.05, 0) is 38.0 Å². The fourth-order valence-electron chi connectivity index (χ4n) is 2.31. The van der Waals surface area contributed by atoms with E-state index < -0.39 is 6.04 Å². The number of nitrogens with two attached hydrogens (primary N) is 1. The van der Waals surface area contributed by atoms with Gasteiger partial charge in [-0.2, -0.15) is 0 Å². The minimum atomic E-state index is -0.527. The molecule has 0 spiro atoms. The maximum absolute atomic E-state index is 11.8. The SMILES string of the molecule is CC(NC(=O)[C@H](C)N)c1cccc(N2CCCC2=O)c1. The van der Waals surface area contributed by atoms with Gasteiger partial charge >= 0.3 is 0 Å². The summed E-state index contributed by atoms with van der Waals surface area (Å²) in [5.74, 6) is -0.0189. The van der Waals surface area contributed by atoms with E-state index in [0.29, 0.717) is 6.42 Å². The number of carbonyl (C=O) groups is 2. The van der Waals surface area contributed by atoms with Crippen LogP contribution in [0.3, 0.4) is 0 Å². The number of nitrogens with one attached hydrogen (secondary N) is 1. The Bertz CT molecular complexity index is 514. The quantitative estimate of drug-likeness (QED) is 0.870. The lowest BCUT2D eigenvalue weighted by molar-refractivity contribution is -0.122. The van der Waals surface area contributed by atoms with Crippen LogP contribution in [-0.4, -0.2) is 24.4 Å². The number of benzene rings is 1. The number of rotatable bonds is 4. The van der Waals surface area contributed by atoms with Gasteiger partial charge in [-0.3, -0.25) is 9.59 Å². The molecule has 20 heavy (non-hydrogen) atoms. The standard InChI is InChI=1S/C15H21N3O2/c1-10(16)15(20)17-11(2)12-5-3-6-13(9-12)18-8-4-7-14(18)19/h3,5-6,9-11H,4,7-8,16H2,1-2H3,(H,17,20)/t10-,11?/m0/s1. The Morgan fingerprint density at radius 2 is 2.15 bits per heavy atom. The number of amides is 2. The number of hydrogen-bond donors (Lipinski definition) is 2. The van der Waals surface area contributed by atoms with Crippen LogP contribution in [0.1, 0.15) is 38.3 Å². The van der Waals surface area contributed by atoms with Crippen LogP contribution in [0.5, 0.6) is 0 Å². The van der Waals surface area contributed by atoms with Gasteiger partial charge in [0.05, 0.1) is 12.1 Å². The molecule has 2 atom stereocenters. The molecule has 1 aromatic rings. The van der Waals surface area contributed by atoms with E-state index in [-0.39, 0.29) is 17.9 Å². The van der Waals surface area contributed by atoms with Crippen molar-refractivity contribution in [3.05, 3.63) is 29.8 Å². The topological polar surface area (TPSA) is 75.4 Å². The van der Waals surface area contributed by atoms with Crippen LogP contribution in [-0.2, 0) is 9.59 Å².